The maximum Gasteiger partial charge on any atom is 0.0700 e. The van der Waals surface area contributed by atoms with Crippen LogP contribution in [0.1, 0.15) is 33.1 Å². The van der Waals surface area contributed by atoms with Crippen molar-refractivity contribution in [3.63, 3.8) is 0 Å². The maximum absolute atomic E-state index is 5.58. The molecule has 0 amide bonds. The van der Waals surface area contributed by atoms with Crippen molar-refractivity contribution in [2.24, 2.45) is 0 Å². The third-order valence-electron chi connectivity index (χ3n) is 3.78. The van der Waals surface area contributed by atoms with Crippen molar-refractivity contribution >= 4 is 0 Å². The third-order valence-corrected chi connectivity index (χ3v) is 3.78. The van der Waals surface area contributed by atoms with E-state index in [-0.39, 0.29) is 0 Å². The molecule has 0 spiro atoms. The predicted octanol–water partition coefficient (Wildman–Crippen LogP) is 1.24. The summed E-state index contributed by atoms with van der Waals surface area (Å²) in [6, 6.07) is 1.28. The Bertz CT molecular complexity index is 198. The van der Waals surface area contributed by atoms with Crippen LogP contribution >= 0.6 is 0 Å². The van der Waals surface area contributed by atoms with Crippen LogP contribution in [0.3, 0.4) is 0 Å². The lowest BCUT2D eigenvalue weighted by Crippen LogP contribution is -2.50. The molecule has 3 nitrogen and oxygen atoms in total. The molecule has 0 bridgehead atoms. The van der Waals surface area contributed by atoms with Crippen molar-refractivity contribution in [1.82, 2.24) is 10.2 Å². The van der Waals surface area contributed by atoms with Gasteiger partial charge in [0.25, 0.3) is 0 Å². The average Bonchev–Trinajstić information content (AvgIpc) is 2.65. The van der Waals surface area contributed by atoms with Gasteiger partial charge < -0.3 is 15.0 Å². The molecule has 0 aromatic rings. The van der Waals surface area contributed by atoms with E-state index in [1.54, 1.807) is 0 Å². The molecular weight excluding hydrogens is 188 g/mol. The number of hydrogen-bond donors (Lipinski definition) is 1. The van der Waals surface area contributed by atoms with Crippen molar-refractivity contribution in [1.29, 1.82) is 0 Å². The van der Waals surface area contributed by atoms with Crippen LogP contribution in [0, 0.1) is 0 Å². The van der Waals surface area contributed by atoms with Crippen LogP contribution in [0.25, 0.3) is 0 Å². The number of likely N-dealkylation sites (N-methyl/N-ethyl adjacent to an activating group) is 1. The van der Waals surface area contributed by atoms with Crippen LogP contribution in [0.15, 0.2) is 0 Å². The highest BCUT2D eigenvalue weighted by atomic mass is 16.5. The Hall–Kier alpha value is -0.120. The summed E-state index contributed by atoms with van der Waals surface area (Å²) >= 11 is 0. The first-order chi connectivity index (χ1) is 7.29. The van der Waals surface area contributed by atoms with Crippen LogP contribution in [0.2, 0.25) is 0 Å². The SMILES string of the molecule is CCN1CCCC(NC2CCOC2C)C1. The van der Waals surface area contributed by atoms with E-state index in [0.29, 0.717) is 18.2 Å². The quantitative estimate of drug-likeness (QED) is 0.762. The molecule has 0 saturated carbocycles. The number of nitrogens with one attached hydrogen (secondary N) is 1. The average molecular weight is 212 g/mol. The van der Waals surface area contributed by atoms with E-state index in [2.05, 4.69) is 24.1 Å². The molecule has 1 N–H and O–H groups in total. The summed E-state index contributed by atoms with van der Waals surface area (Å²) in [5, 5.41) is 3.77. The summed E-state index contributed by atoms with van der Waals surface area (Å²) in [5.74, 6) is 0. The van der Waals surface area contributed by atoms with Crippen molar-refractivity contribution in [2.45, 2.75) is 51.3 Å². The summed E-state index contributed by atoms with van der Waals surface area (Å²) < 4.78 is 5.58. The van der Waals surface area contributed by atoms with Crippen molar-refractivity contribution < 1.29 is 4.74 Å². The largest absolute Gasteiger partial charge is 0.377 e. The number of rotatable bonds is 3. The highest BCUT2D eigenvalue weighted by Crippen LogP contribution is 2.16. The van der Waals surface area contributed by atoms with Gasteiger partial charge in [0, 0.05) is 25.2 Å². The Balaban J connectivity index is 1.78. The summed E-state index contributed by atoms with van der Waals surface area (Å²) in [4.78, 5) is 2.54. The number of piperidine rings is 1. The van der Waals surface area contributed by atoms with Gasteiger partial charge in [-0.15, -0.1) is 0 Å². The molecule has 0 radical (unpaired) electrons. The highest BCUT2D eigenvalue weighted by Gasteiger charge is 2.28. The molecule has 15 heavy (non-hydrogen) atoms. The van der Waals surface area contributed by atoms with Crippen molar-refractivity contribution in [3.8, 4) is 0 Å². The van der Waals surface area contributed by atoms with Gasteiger partial charge in [-0.3, -0.25) is 0 Å². The molecule has 2 aliphatic rings. The molecule has 2 rings (SSSR count). The first-order valence-electron chi connectivity index (χ1n) is 6.39. The van der Waals surface area contributed by atoms with E-state index in [9.17, 15) is 0 Å². The molecule has 3 heteroatoms. The van der Waals surface area contributed by atoms with Crippen molar-refractivity contribution in [2.75, 3.05) is 26.2 Å². The minimum atomic E-state index is 0.405. The second kappa shape index (κ2) is 5.28. The standard InChI is InChI=1S/C12H24N2O/c1-3-14-7-4-5-11(9-14)13-12-6-8-15-10(12)2/h10-13H,3-9H2,1-2H3. The predicted molar refractivity (Wildman–Crippen MR) is 62.1 cm³/mol. The molecule has 2 aliphatic heterocycles. The Kier molecular flexibility index (Phi) is 4.00. The van der Waals surface area contributed by atoms with Gasteiger partial charge in [0.05, 0.1) is 6.10 Å². The maximum atomic E-state index is 5.58. The molecule has 2 saturated heterocycles. The summed E-state index contributed by atoms with van der Waals surface area (Å²) in [5.41, 5.74) is 0. The van der Waals surface area contributed by atoms with Gasteiger partial charge in [0.15, 0.2) is 0 Å². The Morgan fingerprint density at radius 2 is 2.27 bits per heavy atom. The smallest absolute Gasteiger partial charge is 0.0700 e. The van der Waals surface area contributed by atoms with Gasteiger partial charge in [-0.25, -0.2) is 0 Å². The zero-order chi connectivity index (χ0) is 10.7. The monoisotopic (exact) mass is 212 g/mol. The fourth-order valence-electron chi connectivity index (χ4n) is 2.73. The van der Waals surface area contributed by atoms with E-state index < -0.39 is 0 Å². The lowest BCUT2D eigenvalue weighted by molar-refractivity contribution is 0.105. The van der Waals surface area contributed by atoms with E-state index >= 15 is 0 Å². The van der Waals surface area contributed by atoms with E-state index in [0.717, 1.165) is 6.61 Å². The minimum Gasteiger partial charge on any atom is -0.377 e. The number of likely N-dealkylation sites (tertiary alicyclic amines) is 1. The van der Waals surface area contributed by atoms with Gasteiger partial charge in [0.1, 0.15) is 0 Å². The molecule has 0 aromatic carbocycles. The Labute approximate surface area is 93.2 Å². The zero-order valence-electron chi connectivity index (χ0n) is 10.0. The number of nitrogens with zero attached hydrogens (tertiary/aromatic N) is 1. The van der Waals surface area contributed by atoms with Crippen molar-refractivity contribution in [3.05, 3.63) is 0 Å². The number of ether oxygens (including phenoxy) is 1. The first-order valence-corrected chi connectivity index (χ1v) is 6.39. The van der Waals surface area contributed by atoms with E-state index in [1.807, 2.05) is 0 Å². The van der Waals surface area contributed by atoms with Gasteiger partial charge >= 0.3 is 0 Å². The topological polar surface area (TPSA) is 24.5 Å². The van der Waals surface area contributed by atoms with Crippen LogP contribution in [0.4, 0.5) is 0 Å². The Morgan fingerprint density at radius 3 is 2.93 bits per heavy atom. The van der Waals surface area contributed by atoms with E-state index in [1.165, 1.54) is 38.9 Å². The molecule has 0 aliphatic carbocycles. The van der Waals surface area contributed by atoms with Gasteiger partial charge in [-0.05, 0) is 39.3 Å². The van der Waals surface area contributed by atoms with Gasteiger partial charge in [0.2, 0.25) is 0 Å². The van der Waals surface area contributed by atoms with Crippen LogP contribution in [-0.4, -0.2) is 49.3 Å². The third kappa shape index (κ3) is 2.92. The highest BCUT2D eigenvalue weighted by molar-refractivity contribution is 4.86. The second-order valence-corrected chi connectivity index (χ2v) is 4.87. The van der Waals surface area contributed by atoms with Gasteiger partial charge in [-0.2, -0.15) is 0 Å². The molecule has 3 atom stereocenters. The van der Waals surface area contributed by atoms with Crippen LogP contribution in [0.5, 0.6) is 0 Å². The normalized spacial score (nSPS) is 38.4. The Morgan fingerprint density at radius 1 is 1.40 bits per heavy atom. The number of hydrogen-bond acceptors (Lipinski definition) is 3. The summed E-state index contributed by atoms with van der Waals surface area (Å²) in [7, 11) is 0. The molecule has 0 aromatic heterocycles. The zero-order valence-corrected chi connectivity index (χ0v) is 10.0. The fourth-order valence-corrected chi connectivity index (χ4v) is 2.73. The van der Waals surface area contributed by atoms with Crippen LogP contribution < -0.4 is 5.32 Å². The summed E-state index contributed by atoms with van der Waals surface area (Å²) in [6.07, 6.45) is 4.26. The molecule has 3 unspecified atom stereocenters. The van der Waals surface area contributed by atoms with Crippen LogP contribution in [-0.2, 0) is 4.74 Å². The fraction of sp³-hybridized carbons (Fsp3) is 1.00. The lowest BCUT2D eigenvalue weighted by Gasteiger charge is -2.34. The minimum absolute atomic E-state index is 0.405. The molecule has 88 valence electrons. The molecule has 2 heterocycles. The molecular formula is C12H24N2O. The second-order valence-electron chi connectivity index (χ2n) is 4.87. The lowest BCUT2D eigenvalue weighted by atomic mass is 10.0. The van der Waals surface area contributed by atoms with Gasteiger partial charge in [-0.1, -0.05) is 6.92 Å². The molecule has 2 fully saturated rings. The first kappa shape index (κ1) is 11.4. The van der Waals surface area contributed by atoms with E-state index in [4.69, 9.17) is 4.74 Å². The summed E-state index contributed by atoms with van der Waals surface area (Å²) in [6.45, 7) is 9.07.